The lowest BCUT2D eigenvalue weighted by Gasteiger charge is -2.39. The number of hydrogen-bond donors (Lipinski definition) is 0. The van der Waals surface area contributed by atoms with Gasteiger partial charge >= 0.3 is 12.1 Å². The predicted molar refractivity (Wildman–Crippen MR) is 90.3 cm³/mol. The number of carbonyl (C=O) groups is 2. The van der Waals surface area contributed by atoms with E-state index in [-0.39, 0.29) is 30.6 Å². The van der Waals surface area contributed by atoms with Crippen molar-refractivity contribution in [3.05, 3.63) is 0 Å². The molecule has 0 aromatic rings. The smallest absolute Gasteiger partial charge is 0.410 e. The van der Waals surface area contributed by atoms with Crippen molar-refractivity contribution < 1.29 is 19.1 Å². The molecule has 1 aliphatic rings. The molecule has 5 heteroatoms. The summed E-state index contributed by atoms with van der Waals surface area (Å²) in [6.07, 6.45) is 8.37. The fourth-order valence-corrected chi connectivity index (χ4v) is 3.35. The normalized spacial score (nSPS) is 16.7. The van der Waals surface area contributed by atoms with E-state index in [0.717, 1.165) is 44.9 Å². The van der Waals surface area contributed by atoms with E-state index in [1.165, 1.54) is 6.42 Å². The van der Waals surface area contributed by atoms with E-state index in [1.807, 2.05) is 18.7 Å². The van der Waals surface area contributed by atoms with Crippen LogP contribution in [0.2, 0.25) is 0 Å². The summed E-state index contributed by atoms with van der Waals surface area (Å²) in [6.45, 7) is 6.49. The molecule has 134 valence electrons. The van der Waals surface area contributed by atoms with E-state index in [9.17, 15) is 9.59 Å². The molecule has 0 saturated heterocycles. The van der Waals surface area contributed by atoms with Crippen LogP contribution in [0.4, 0.5) is 4.79 Å². The van der Waals surface area contributed by atoms with E-state index >= 15 is 0 Å². The van der Waals surface area contributed by atoms with Crippen LogP contribution in [-0.4, -0.2) is 42.3 Å². The third-order valence-electron chi connectivity index (χ3n) is 4.44. The molecule has 0 aromatic heterocycles. The van der Waals surface area contributed by atoms with E-state index in [0.29, 0.717) is 13.2 Å². The molecule has 0 heterocycles. The number of rotatable bonds is 9. The molecule has 0 spiro atoms. The first kappa shape index (κ1) is 19.8. The summed E-state index contributed by atoms with van der Waals surface area (Å²) in [7, 11) is 0. The van der Waals surface area contributed by atoms with Crippen molar-refractivity contribution in [2.45, 2.75) is 90.6 Å². The first-order chi connectivity index (χ1) is 11.1. The Kier molecular flexibility index (Phi) is 9.72. The van der Waals surface area contributed by atoms with Crippen molar-refractivity contribution in [2.75, 3.05) is 13.2 Å². The third-order valence-corrected chi connectivity index (χ3v) is 4.44. The van der Waals surface area contributed by atoms with Crippen LogP contribution in [0.1, 0.15) is 78.6 Å². The Bertz CT molecular complexity index is 353. The Morgan fingerprint density at radius 2 is 1.70 bits per heavy atom. The molecule has 1 rings (SSSR count). The van der Waals surface area contributed by atoms with Gasteiger partial charge in [0.1, 0.15) is 0 Å². The fourth-order valence-electron chi connectivity index (χ4n) is 3.35. The van der Waals surface area contributed by atoms with E-state index < -0.39 is 0 Å². The minimum absolute atomic E-state index is 0.115. The molecule has 23 heavy (non-hydrogen) atoms. The van der Waals surface area contributed by atoms with Crippen LogP contribution >= 0.6 is 0 Å². The molecule has 1 unspecified atom stereocenters. The number of unbranched alkanes of at least 4 members (excludes halogenated alkanes) is 1. The number of esters is 1. The third kappa shape index (κ3) is 6.80. The minimum Gasteiger partial charge on any atom is -0.466 e. The lowest BCUT2D eigenvalue weighted by atomic mass is 9.92. The van der Waals surface area contributed by atoms with Crippen molar-refractivity contribution >= 4 is 12.1 Å². The second-order valence-electron chi connectivity index (χ2n) is 6.20. The summed E-state index contributed by atoms with van der Waals surface area (Å²) in [5.41, 5.74) is 0. The largest absolute Gasteiger partial charge is 0.466 e. The first-order valence-electron chi connectivity index (χ1n) is 9.24. The van der Waals surface area contributed by atoms with Gasteiger partial charge in [0.2, 0.25) is 0 Å². The van der Waals surface area contributed by atoms with Gasteiger partial charge in [-0.2, -0.15) is 0 Å². The first-order valence-corrected chi connectivity index (χ1v) is 9.24. The maximum Gasteiger partial charge on any atom is 0.410 e. The Labute approximate surface area is 140 Å². The van der Waals surface area contributed by atoms with E-state index in [4.69, 9.17) is 9.47 Å². The van der Waals surface area contributed by atoms with Crippen molar-refractivity contribution in [3.63, 3.8) is 0 Å². The minimum atomic E-state index is -0.273. The predicted octanol–water partition coefficient (Wildman–Crippen LogP) is 4.29. The highest BCUT2D eigenvalue weighted by Crippen LogP contribution is 2.28. The maximum atomic E-state index is 12.5. The van der Waals surface area contributed by atoms with Crippen LogP contribution in [0.25, 0.3) is 0 Å². The number of amides is 1. The van der Waals surface area contributed by atoms with Crippen LogP contribution in [0.5, 0.6) is 0 Å². The lowest BCUT2D eigenvalue weighted by molar-refractivity contribution is -0.144. The van der Waals surface area contributed by atoms with Gasteiger partial charge in [-0.3, -0.25) is 4.79 Å². The number of nitrogens with zero attached hydrogens (tertiary/aromatic N) is 1. The standard InChI is InChI=1S/C18H33NO4/c1-4-7-11-16(14-17(20)22-5-2)19(18(21)23-6-3)15-12-9-8-10-13-15/h15-16H,4-14H2,1-3H3. The van der Waals surface area contributed by atoms with Gasteiger partial charge in [-0.1, -0.05) is 39.0 Å². The molecule has 1 saturated carbocycles. The van der Waals surface area contributed by atoms with Crippen LogP contribution in [0.15, 0.2) is 0 Å². The van der Waals surface area contributed by atoms with Gasteiger partial charge in [-0.25, -0.2) is 4.79 Å². The summed E-state index contributed by atoms with van der Waals surface area (Å²) in [6, 6.07) is 0.0789. The Morgan fingerprint density at radius 1 is 1.04 bits per heavy atom. The summed E-state index contributed by atoms with van der Waals surface area (Å²) < 4.78 is 10.4. The molecule has 1 amide bonds. The quantitative estimate of drug-likeness (QED) is 0.593. The monoisotopic (exact) mass is 327 g/mol. The molecule has 0 N–H and O–H groups in total. The van der Waals surface area contributed by atoms with E-state index in [1.54, 1.807) is 0 Å². The van der Waals surface area contributed by atoms with Gasteiger partial charge < -0.3 is 14.4 Å². The second-order valence-corrected chi connectivity index (χ2v) is 6.20. The average Bonchev–Trinajstić information content (AvgIpc) is 2.54. The van der Waals surface area contributed by atoms with Crippen molar-refractivity contribution in [1.82, 2.24) is 4.90 Å². The SMILES string of the molecule is CCCCC(CC(=O)OCC)N(C(=O)OCC)C1CCCCC1. The summed E-state index contributed by atoms with van der Waals surface area (Å²) in [4.78, 5) is 26.4. The van der Waals surface area contributed by atoms with Crippen molar-refractivity contribution in [3.8, 4) is 0 Å². The van der Waals surface area contributed by atoms with Gasteiger partial charge in [-0.05, 0) is 33.1 Å². The van der Waals surface area contributed by atoms with Crippen molar-refractivity contribution in [1.29, 1.82) is 0 Å². The molecule has 0 aliphatic heterocycles. The van der Waals surface area contributed by atoms with Gasteiger partial charge in [0.25, 0.3) is 0 Å². The highest BCUT2D eigenvalue weighted by atomic mass is 16.6. The fraction of sp³-hybridized carbons (Fsp3) is 0.889. The summed E-state index contributed by atoms with van der Waals surface area (Å²) in [5, 5.41) is 0. The van der Waals surface area contributed by atoms with Gasteiger partial charge in [0.15, 0.2) is 0 Å². The molecule has 1 aliphatic carbocycles. The van der Waals surface area contributed by atoms with Crippen LogP contribution in [0, 0.1) is 0 Å². The summed E-state index contributed by atoms with van der Waals surface area (Å²) >= 11 is 0. The Balaban J connectivity index is 2.88. The molecule has 5 nitrogen and oxygen atoms in total. The zero-order valence-corrected chi connectivity index (χ0v) is 15.0. The zero-order chi connectivity index (χ0) is 17.1. The number of carbonyl (C=O) groups excluding carboxylic acids is 2. The van der Waals surface area contributed by atoms with Crippen LogP contribution in [-0.2, 0) is 14.3 Å². The highest BCUT2D eigenvalue weighted by Gasteiger charge is 2.33. The molecule has 0 aromatic carbocycles. The Hall–Kier alpha value is -1.26. The summed E-state index contributed by atoms with van der Waals surface area (Å²) in [5.74, 6) is -0.223. The topological polar surface area (TPSA) is 55.8 Å². The molecule has 0 bridgehead atoms. The van der Waals surface area contributed by atoms with Gasteiger partial charge in [-0.15, -0.1) is 0 Å². The zero-order valence-electron chi connectivity index (χ0n) is 15.0. The van der Waals surface area contributed by atoms with Crippen molar-refractivity contribution in [2.24, 2.45) is 0 Å². The van der Waals surface area contributed by atoms with Gasteiger partial charge in [0.05, 0.1) is 19.6 Å². The van der Waals surface area contributed by atoms with Crippen LogP contribution in [0.3, 0.4) is 0 Å². The molecule has 1 fully saturated rings. The molecule has 1 atom stereocenters. The maximum absolute atomic E-state index is 12.5. The molecular formula is C18H33NO4. The molecular weight excluding hydrogens is 294 g/mol. The Morgan fingerprint density at radius 3 is 2.26 bits per heavy atom. The van der Waals surface area contributed by atoms with E-state index in [2.05, 4.69) is 6.92 Å². The number of hydrogen-bond acceptors (Lipinski definition) is 4. The second kappa shape index (κ2) is 11.3. The van der Waals surface area contributed by atoms with Crippen LogP contribution < -0.4 is 0 Å². The number of ether oxygens (including phenoxy) is 2. The van der Waals surface area contributed by atoms with Gasteiger partial charge in [0, 0.05) is 12.1 Å². The molecule has 0 radical (unpaired) electrons. The lowest BCUT2D eigenvalue weighted by Crippen LogP contribution is -2.49. The highest BCUT2D eigenvalue weighted by molar-refractivity contribution is 5.73. The average molecular weight is 327 g/mol.